The van der Waals surface area contributed by atoms with Crippen molar-refractivity contribution in [3.05, 3.63) is 23.8 Å². The molecule has 4 N–H and O–H groups in total. The summed E-state index contributed by atoms with van der Waals surface area (Å²) in [6.45, 7) is 3.24. The Kier molecular flexibility index (Phi) is 3.06. The topological polar surface area (TPSA) is 58.3 Å². The number of anilines is 2. The molecule has 0 bridgehead atoms. The molecule has 3 heteroatoms. The van der Waals surface area contributed by atoms with E-state index in [-0.39, 0.29) is 6.61 Å². The number of hydrogen-bond donors (Lipinski definition) is 3. The Bertz CT molecular complexity index is 372. The predicted octanol–water partition coefficient (Wildman–Crippen LogP) is 2.15. The molecule has 0 radical (unpaired) electrons. The fourth-order valence-electron chi connectivity index (χ4n) is 1.97. The molecule has 1 saturated carbocycles. The van der Waals surface area contributed by atoms with E-state index in [1.165, 1.54) is 12.8 Å². The normalized spacial score (nSPS) is 17.1. The van der Waals surface area contributed by atoms with Crippen LogP contribution in [0.2, 0.25) is 0 Å². The molecule has 88 valence electrons. The first-order chi connectivity index (χ1) is 7.65. The van der Waals surface area contributed by atoms with Crippen LogP contribution in [0.3, 0.4) is 0 Å². The van der Waals surface area contributed by atoms with Gasteiger partial charge in [-0.2, -0.15) is 0 Å². The molecule has 0 heterocycles. The lowest BCUT2D eigenvalue weighted by Gasteiger charge is -2.16. The molecule has 0 unspecified atom stereocenters. The summed E-state index contributed by atoms with van der Waals surface area (Å²) < 4.78 is 0. The maximum atomic E-state index is 8.97. The first-order valence-corrected chi connectivity index (χ1v) is 5.86. The second kappa shape index (κ2) is 4.34. The number of rotatable bonds is 5. The molecule has 1 aliphatic carbocycles. The van der Waals surface area contributed by atoms with E-state index < -0.39 is 0 Å². The fourth-order valence-corrected chi connectivity index (χ4v) is 1.97. The molecule has 1 aliphatic rings. The molecule has 0 aromatic heterocycles. The van der Waals surface area contributed by atoms with Crippen molar-refractivity contribution in [3.63, 3.8) is 0 Å². The van der Waals surface area contributed by atoms with Gasteiger partial charge in [0.2, 0.25) is 0 Å². The number of aliphatic hydroxyl groups is 1. The number of nitrogen functional groups attached to an aromatic ring is 1. The number of nitrogens with two attached hydrogens (primary N) is 1. The molecule has 0 aliphatic heterocycles. The highest BCUT2D eigenvalue weighted by Crippen LogP contribution is 2.48. The van der Waals surface area contributed by atoms with E-state index in [9.17, 15) is 0 Å². The molecule has 1 aromatic rings. The maximum absolute atomic E-state index is 8.97. The van der Waals surface area contributed by atoms with Crippen molar-refractivity contribution >= 4 is 11.4 Å². The quantitative estimate of drug-likeness (QED) is 0.666. The molecule has 0 spiro atoms. The van der Waals surface area contributed by atoms with E-state index in [1.807, 2.05) is 19.1 Å². The van der Waals surface area contributed by atoms with Crippen molar-refractivity contribution < 1.29 is 5.11 Å². The van der Waals surface area contributed by atoms with Gasteiger partial charge in [0.15, 0.2) is 0 Å². The zero-order chi connectivity index (χ0) is 11.6. The van der Waals surface area contributed by atoms with E-state index in [0.717, 1.165) is 29.9 Å². The van der Waals surface area contributed by atoms with E-state index in [1.54, 1.807) is 0 Å². The molecular weight excluding hydrogens is 200 g/mol. The summed E-state index contributed by atoms with van der Waals surface area (Å²) in [5, 5.41) is 12.4. The lowest BCUT2D eigenvalue weighted by molar-refractivity contribution is 0.253. The summed E-state index contributed by atoms with van der Waals surface area (Å²) in [6, 6.07) is 6.06. The summed E-state index contributed by atoms with van der Waals surface area (Å²) in [6.07, 6.45) is 3.35. The van der Waals surface area contributed by atoms with Crippen molar-refractivity contribution in [3.8, 4) is 0 Å². The van der Waals surface area contributed by atoms with Gasteiger partial charge in [0, 0.05) is 24.5 Å². The highest BCUT2D eigenvalue weighted by molar-refractivity contribution is 5.58. The molecule has 0 saturated heterocycles. The van der Waals surface area contributed by atoms with Crippen molar-refractivity contribution in [2.24, 2.45) is 5.41 Å². The Hall–Kier alpha value is -1.22. The number of benzene rings is 1. The molecule has 0 atom stereocenters. The maximum Gasteiger partial charge on any atom is 0.0436 e. The zero-order valence-corrected chi connectivity index (χ0v) is 9.79. The SMILES string of the molecule is Cc1ccc(NCC2(CCO)CC2)cc1N. The molecular formula is C13H20N2O. The van der Waals surface area contributed by atoms with Crippen LogP contribution in [0.25, 0.3) is 0 Å². The van der Waals surface area contributed by atoms with Gasteiger partial charge in [-0.05, 0) is 49.3 Å². The van der Waals surface area contributed by atoms with Crippen LogP contribution < -0.4 is 11.1 Å². The highest BCUT2D eigenvalue weighted by Gasteiger charge is 2.41. The van der Waals surface area contributed by atoms with Crippen LogP contribution >= 0.6 is 0 Å². The Morgan fingerprint density at radius 2 is 2.19 bits per heavy atom. The average Bonchev–Trinajstić information content (AvgIpc) is 3.01. The summed E-state index contributed by atoms with van der Waals surface area (Å²) in [7, 11) is 0. The number of hydrogen-bond acceptors (Lipinski definition) is 3. The van der Waals surface area contributed by atoms with Crippen LogP contribution in [0.4, 0.5) is 11.4 Å². The molecule has 1 aromatic carbocycles. The Morgan fingerprint density at radius 3 is 2.75 bits per heavy atom. The van der Waals surface area contributed by atoms with Gasteiger partial charge in [-0.1, -0.05) is 6.07 Å². The van der Waals surface area contributed by atoms with Gasteiger partial charge in [-0.25, -0.2) is 0 Å². The van der Waals surface area contributed by atoms with Gasteiger partial charge in [0.05, 0.1) is 0 Å². The molecule has 16 heavy (non-hydrogen) atoms. The summed E-state index contributed by atoms with van der Waals surface area (Å²) in [4.78, 5) is 0. The molecule has 3 nitrogen and oxygen atoms in total. The largest absolute Gasteiger partial charge is 0.398 e. The van der Waals surface area contributed by atoms with Gasteiger partial charge in [0.1, 0.15) is 0 Å². The van der Waals surface area contributed by atoms with E-state index in [2.05, 4.69) is 11.4 Å². The van der Waals surface area contributed by atoms with Crippen LogP contribution in [0.1, 0.15) is 24.8 Å². The van der Waals surface area contributed by atoms with Gasteiger partial charge in [-0.15, -0.1) is 0 Å². The van der Waals surface area contributed by atoms with E-state index in [4.69, 9.17) is 10.8 Å². The minimum atomic E-state index is 0.289. The second-order valence-electron chi connectivity index (χ2n) is 4.90. The minimum absolute atomic E-state index is 0.289. The third-order valence-electron chi connectivity index (χ3n) is 3.55. The van der Waals surface area contributed by atoms with Crippen LogP contribution in [-0.4, -0.2) is 18.3 Å². The first kappa shape index (κ1) is 11.3. The Labute approximate surface area is 96.7 Å². The Morgan fingerprint density at radius 1 is 1.44 bits per heavy atom. The van der Waals surface area contributed by atoms with Gasteiger partial charge >= 0.3 is 0 Å². The zero-order valence-electron chi connectivity index (χ0n) is 9.79. The van der Waals surface area contributed by atoms with Crippen molar-refractivity contribution in [2.75, 3.05) is 24.2 Å². The Balaban J connectivity index is 1.92. The smallest absolute Gasteiger partial charge is 0.0436 e. The van der Waals surface area contributed by atoms with Gasteiger partial charge < -0.3 is 16.2 Å². The monoisotopic (exact) mass is 220 g/mol. The fraction of sp³-hybridized carbons (Fsp3) is 0.538. The lowest BCUT2D eigenvalue weighted by atomic mass is 10.0. The van der Waals surface area contributed by atoms with Crippen molar-refractivity contribution in [1.29, 1.82) is 0 Å². The molecule has 0 amide bonds. The third kappa shape index (κ3) is 2.47. The average molecular weight is 220 g/mol. The minimum Gasteiger partial charge on any atom is -0.398 e. The van der Waals surface area contributed by atoms with Crippen molar-refractivity contribution in [1.82, 2.24) is 0 Å². The first-order valence-electron chi connectivity index (χ1n) is 5.86. The van der Waals surface area contributed by atoms with Crippen LogP contribution in [0.15, 0.2) is 18.2 Å². The van der Waals surface area contributed by atoms with Gasteiger partial charge in [-0.3, -0.25) is 0 Å². The van der Waals surface area contributed by atoms with Crippen LogP contribution in [-0.2, 0) is 0 Å². The van der Waals surface area contributed by atoms with Crippen LogP contribution in [0.5, 0.6) is 0 Å². The number of nitrogens with one attached hydrogen (secondary N) is 1. The van der Waals surface area contributed by atoms with Crippen molar-refractivity contribution in [2.45, 2.75) is 26.2 Å². The van der Waals surface area contributed by atoms with E-state index >= 15 is 0 Å². The summed E-state index contributed by atoms with van der Waals surface area (Å²) >= 11 is 0. The molecule has 2 rings (SSSR count). The van der Waals surface area contributed by atoms with E-state index in [0.29, 0.717) is 5.41 Å². The lowest BCUT2D eigenvalue weighted by Crippen LogP contribution is -2.16. The predicted molar refractivity (Wildman–Crippen MR) is 67.5 cm³/mol. The number of aryl methyl sites for hydroxylation is 1. The highest BCUT2D eigenvalue weighted by atomic mass is 16.3. The second-order valence-corrected chi connectivity index (χ2v) is 4.90. The molecule has 1 fully saturated rings. The third-order valence-corrected chi connectivity index (χ3v) is 3.55. The van der Waals surface area contributed by atoms with Crippen LogP contribution in [0, 0.1) is 12.3 Å². The van der Waals surface area contributed by atoms with Gasteiger partial charge in [0.25, 0.3) is 0 Å². The summed E-state index contributed by atoms with van der Waals surface area (Å²) in [5.41, 5.74) is 9.22. The number of aliphatic hydroxyl groups excluding tert-OH is 1. The standard InChI is InChI=1S/C13H20N2O/c1-10-2-3-11(8-12(10)14)15-9-13(4-5-13)6-7-16/h2-3,8,15-16H,4-7,9,14H2,1H3. The summed E-state index contributed by atoms with van der Waals surface area (Å²) in [5.74, 6) is 0.